The molecule has 2 amide bonds. The Balaban J connectivity index is 1.43. The van der Waals surface area contributed by atoms with E-state index >= 15 is 0 Å². The summed E-state index contributed by atoms with van der Waals surface area (Å²) in [6.07, 6.45) is 0. The SMILES string of the molecule is CNC(=O)c1cc(C(=O)NC2[C@H]3COC[C@@H]23)cc2c1OCC2c1ccc(OCCN)cc1. The molecule has 0 radical (unpaired) electrons. The topological polar surface area (TPSA) is 112 Å². The summed E-state index contributed by atoms with van der Waals surface area (Å²) in [5.41, 5.74) is 8.20. The van der Waals surface area contributed by atoms with Gasteiger partial charge in [0.2, 0.25) is 0 Å². The maximum absolute atomic E-state index is 13.0. The number of rotatable bonds is 7. The molecule has 0 aromatic heterocycles. The van der Waals surface area contributed by atoms with Crippen LogP contribution in [0.15, 0.2) is 36.4 Å². The molecule has 3 aliphatic rings. The highest BCUT2D eigenvalue weighted by molar-refractivity contribution is 6.02. The molecule has 1 saturated carbocycles. The summed E-state index contributed by atoms with van der Waals surface area (Å²) in [5.74, 6) is 1.55. The molecule has 168 valence electrons. The third-order valence-electron chi connectivity index (χ3n) is 6.54. The van der Waals surface area contributed by atoms with Crippen LogP contribution in [0.5, 0.6) is 11.5 Å². The van der Waals surface area contributed by atoms with Crippen LogP contribution in [0.3, 0.4) is 0 Å². The Morgan fingerprint density at radius 1 is 1.09 bits per heavy atom. The average Bonchev–Trinajstić information content (AvgIpc) is 3.18. The van der Waals surface area contributed by atoms with Gasteiger partial charge in [0.15, 0.2) is 0 Å². The summed E-state index contributed by atoms with van der Waals surface area (Å²) in [7, 11) is 1.57. The third-order valence-corrected chi connectivity index (χ3v) is 6.54. The third kappa shape index (κ3) is 3.69. The van der Waals surface area contributed by atoms with Crippen LogP contribution < -0.4 is 25.8 Å². The monoisotopic (exact) mass is 437 g/mol. The smallest absolute Gasteiger partial charge is 0.254 e. The maximum Gasteiger partial charge on any atom is 0.254 e. The lowest BCUT2D eigenvalue weighted by Gasteiger charge is -2.14. The number of carbonyl (C=O) groups excluding carboxylic acids is 2. The number of nitrogens with two attached hydrogens (primary N) is 1. The first-order valence-electron chi connectivity index (χ1n) is 10.9. The molecule has 1 saturated heterocycles. The lowest BCUT2D eigenvalue weighted by atomic mass is 9.90. The highest BCUT2D eigenvalue weighted by Gasteiger charge is 2.54. The fourth-order valence-electron chi connectivity index (χ4n) is 4.70. The minimum Gasteiger partial charge on any atom is -0.492 e. The van der Waals surface area contributed by atoms with Crippen LogP contribution in [0.4, 0.5) is 0 Å². The second-order valence-corrected chi connectivity index (χ2v) is 8.46. The van der Waals surface area contributed by atoms with Gasteiger partial charge in [0.05, 0.1) is 25.4 Å². The summed E-state index contributed by atoms with van der Waals surface area (Å²) in [6.45, 7) is 2.71. The molecule has 2 aromatic carbocycles. The molecule has 32 heavy (non-hydrogen) atoms. The van der Waals surface area contributed by atoms with Crippen molar-refractivity contribution in [2.24, 2.45) is 17.6 Å². The Morgan fingerprint density at radius 2 is 1.84 bits per heavy atom. The lowest BCUT2D eigenvalue weighted by molar-refractivity contribution is 0.0929. The van der Waals surface area contributed by atoms with E-state index in [9.17, 15) is 9.59 Å². The van der Waals surface area contributed by atoms with Crippen molar-refractivity contribution in [2.75, 3.05) is 40.0 Å². The van der Waals surface area contributed by atoms with Crippen molar-refractivity contribution in [2.45, 2.75) is 12.0 Å². The molecule has 8 nitrogen and oxygen atoms in total. The Labute approximate surface area is 186 Å². The zero-order chi connectivity index (χ0) is 22.2. The summed E-state index contributed by atoms with van der Waals surface area (Å²) in [4.78, 5) is 25.6. The van der Waals surface area contributed by atoms with E-state index in [1.807, 2.05) is 30.3 Å². The van der Waals surface area contributed by atoms with Gasteiger partial charge in [-0.15, -0.1) is 0 Å². The van der Waals surface area contributed by atoms with Gasteiger partial charge < -0.3 is 30.6 Å². The highest BCUT2D eigenvalue weighted by Crippen LogP contribution is 2.45. The molecule has 4 atom stereocenters. The molecule has 8 heteroatoms. The van der Waals surface area contributed by atoms with E-state index in [0.29, 0.717) is 61.7 Å². The molecular weight excluding hydrogens is 410 g/mol. The largest absolute Gasteiger partial charge is 0.492 e. The number of carbonyl (C=O) groups is 2. The standard InChI is InChI=1S/C24H27N3O5/c1-26-24(29)17-9-14(23(28)27-21-19-10-30-11-20(19)21)8-16-18(12-32-22(16)17)13-2-4-15(5-3-13)31-7-6-25/h2-5,8-9,18-21H,6-7,10-12,25H2,1H3,(H,26,29)(H,27,28)/t18?,19-,20+,21?. The van der Waals surface area contributed by atoms with Gasteiger partial charge in [0.1, 0.15) is 18.1 Å². The van der Waals surface area contributed by atoms with Crippen LogP contribution >= 0.6 is 0 Å². The van der Waals surface area contributed by atoms with Gasteiger partial charge in [0.25, 0.3) is 11.8 Å². The first-order valence-corrected chi connectivity index (χ1v) is 10.9. The summed E-state index contributed by atoms with van der Waals surface area (Å²) in [6, 6.07) is 11.4. The summed E-state index contributed by atoms with van der Waals surface area (Å²) in [5, 5.41) is 5.76. The number of fused-ring (bicyclic) bond motifs is 2. The molecule has 0 bridgehead atoms. The van der Waals surface area contributed by atoms with Crippen LogP contribution in [0.1, 0.15) is 37.8 Å². The molecule has 2 aliphatic heterocycles. The molecular formula is C24H27N3O5. The molecule has 1 aliphatic carbocycles. The Hall–Kier alpha value is -3.10. The van der Waals surface area contributed by atoms with Gasteiger partial charge in [0, 0.05) is 48.5 Å². The van der Waals surface area contributed by atoms with E-state index < -0.39 is 0 Å². The highest BCUT2D eigenvalue weighted by atomic mass is 16.5. The maximum atomic E-state index is 13.0. The van der Waals surface area contributed by atoms with Crippen molar-refractivity contribution in [3.63, 3.8) is 0 Å². The van der Waals surface area contributed by atoms with E-state index in [2.05, 4.69) is 10.6 Å². The second kappa shape index (κ2) is 8.44. The average molecular weight is 437 g/mol. The quantitative estimate of drug-likeness (QED) is 0.602. The molecule has 5 rings (SSSR count). The van der Waals surface area contributed by atoms with Crippen LogP contribution in [0.25, 0.3) is 0 Å². The van der Waals surface area contributed by atoms with E-state index in [0.717, 1.165) is 16.9 Å². The van der Waals surface area contributed by atoms with Gasteiger partial charge in [-0.05, 0) is 29.8 Å². The Bertz CT molecular complexity index is 1030. The van der Waals surface area contributed by atoms with Gasteiger partial charge in [-0.1, -0.05) is 12.1 Å². The minimum absolute atomic E-state index is 0.0848. The van der Waals surface area contributed by atoms with Gasteiger partial charge in [-0.25, -0.2) is 0 Å². The van der Waals surface area contributed by atoms with Gasteiger partial charge in [-0.3, -0.25) is 9.59 Å². The molecule has 2 aromatic rings. The van der Waals surface area contributed by atoms with Crippen molar-refractivity contribution in [1.82, 2.24) is 10.6 Å². The van der Waals surface area contributed by atoms with E-state index in [-0.39, 0.29) is 23.8 Å². The first-order chi connectivity index (χ1) is 15.6. The number of nitrogens with one attached hydrogen (secondary N) is 2. The molecule has 4 N–H and O–H groups in total. The number of ether oxygens (including phenoxy) is 3. The first kappa shape index (κ1) is 20.8. The van der Waals surface area contributed by atoms with Crippen LogP contribution in [0, 0.1) is 11.8 Å². The van der Waals surface area contributed by atoms with Gasteiger partial charge >= 0.3 is 0 Å². The molecule has 2 heterocycles. The second-order valence-electron chi connectivity index (χ2n) is 8.46. The Kier molecular flexibility index (Phi) is 5.48. The zero-order valence-corrected chi connectivity index (χ0v) is 17.9. The number of hydrogen-bond acceptors (Lipinski definition) is 6. The molecule has 2 unspecified atom stereocenters. The summed E-state index contributed by atoms with van der Waals surface area (Å²) < 4.78 is 16.9. The van der Waals surface area contributed by atoms with Crippen molar-refractivity contribution >= 4 is 11.8 Å². The van der Waals surface area contributed by atoms with Crippen LogP contribution in [-0.4, -0.2) is 57.9 Å². The van der Waals surface area contributed by atoms with E-state index in [1.165, 1.54) is 0 Å². The van der Waals surface area contributed by atoms with Crippen LogP contribution in [0.2, 0.25) is 0 Å². The fourth-order valence-corrected chi connectivity index (χ4v) is 4.70. The normalized spacial score (nSPS) is 24.8. The number of hydrogen-bond donors (Lipinski definition) is 3. The van der Waals surface area contributed by atoms with Crippen molar-refractivity contribution < 1.29 is 23.8 Å². The fraction of sp³-hybridized carbons (Fsp3) is 0.417. The molecule has 2 fully saturated rings. The number of amides is 2. The van der Waals surface area contributed by atoms with Crippen molar-refractivity contribution in [1.29, 1.82) is 0 Å². The zero-order valence-electron chi connectivity index (χ0n) is 17.9. The Morgan fingerprint density at radius 3 is 2.53 bits per heavy atom. The predicted octanol–water partition coefficient (Wildman–Crippen LogP) is 1.28. The minimum atomic E-state index is -0.279. The predicted molar refractivity (Wildman–Crippen MR) is 117 cm³/mol. The van der Waals surface area contributed by atoms with Gasteiger partial charge in [-0.2, -0.15) is 0 Å². The lowest BCUT2D eigenvalue weighted by Crippen LogP contribution is -2.30. The number of benzene rings is 2. The summed E-state index contributed by atoms with van der Waals surface area (Å²) >= 11 is 0. The van der Waals surface area contributed by atoms with Crippen LogP contribution in [-0.2, 0) is 4.74 Å². The molecule has 0 spiro atoms. The van der Waals surface area contributed by atoms with Crippen molar-refractivity contribution in [3.05, 3.63) is 58.7 Å². The van der Waals surface area contributed by atoms with E-state index in [1.54, 1.807) is 13.1 Å². The van der Waals surface area contributed by atoms with E-state index in [4.69, 9.17) is 19.9 Å². The van der Waals surface area contributed by atoms with Crippen molar-refractivity contribution in [3.8, 4) is 11.5 Å².